The standard InChI is InChI=1S/C31H43FN4O5/c32-25-9-7-24(8-10-25)29(30(37)33-22-26-6-4-19-40-26)36(16-5-15-34-17-20-39-21-18-34)31(38)28-12-11-27(41-28)23-35-13-2-1-3-14-35/h7-12,26,29H,1-6,13-23H2,(H,33,37)/t26-,29-/m0/s1. The summed E-state index contributed by atoms with van der Waals surface area (Å²) in [4.78, 5) is 34.1. The highest BCUT2D eigenvalue weighted by Gasteiger charge is 2.34. The highest BCUT2D eigenvalue weighted by Crippen LogP contribution is 2.26. The van der Waals surface area contributed by atoms with Gasteiger partial charge in [-0.3, -0.25) is 19.4 Å². The number of hydrogen-bond donors (Lipinski definition) is 1. The minimum Gasteiger partial charge on any atom is -0.455 e. The van der Waals surface area contributed by atoms with Crippen molar-refractivity contribution < 1.29 is 27.9 Å². The van der Waals surface area contributed by atoms with Crippen LogP contribution in [-0.2, 0) is 20.8 Å². The van der Waals surface area contributed by atoms with E-state index in [0.29, 0.717) is 51.4 Å². The largest absolute Gasteiger partial charge is 0.455 e. The number of piperidine rings is 1. The summed E-state index contributed by atoms with van der Waals surface area (Å²) < 4.78 is 31.1. The third-order valence-corrected chi connectivity index (χ3v) is 8.21. The molecule has 1 N–H and O–H groups in total. The molecule has 4 heterocycles. The lowest BCUT2D eigenvalue weighted by molar-refractivity contribution is -0.126. The molecule has 2 amide bonds. The monoisotopic (exact) mass is 570 g/mol. The normalized spacial score (nSPS) is 21.0. The molecule has 1 aromatic carbocycles. The van der Waals surface area contributed by atoms with Gasteiger partial charge in [0.05, 0.1) is 25.9 Å². The van der Waals surface area contributed by atoms with Gasteiger partial charge in [-0.15, -0.1) is 0 Å². The first-order chi connectivity index (χ1) is 20.1. The molecule has 0 spiro atoms. The maximum Gasteiger partial charge on any atom is 0.290 e. The van der Waals surface area contributed by atoms with E-state index in [0.717, 1.165) is 51.3 Å². The molecule has 0 aliphatic carbocycles. The fraction of sp³-hybridized carbons (Fsp3) is 0.613. The number of halogens is 1. The lowest BCUT2D eigenvalue weighted by Gasteiger charge is -2.32. The predicted octanol–water partition coefficient (Wildman–Crippen LogP) is 3.61. The predicted molar refractivity (Wildman–Crippen MR) is 152 cm³/mol. The van der Waals surface area contributed by atoms with Gasteiger partial charge in [0.25, 0.3) is 5.91 Å². The van der Waals surface area contributed by atoms with Crippen LogP contribution < -0.4 is 5.32 Å². The molecule has 0 radical (unpaired) electrons. The maximum absolute atomic E-state index is 14.1. The lowest BCUT2D eigenvalue weighted by Crippen LogP contribution is -2.46. The first kappa shape index (κ1) is 29.7. The number of likely N-dealkylation sites (tertiary alicyclic amines) is 1. The van der Waals surface area contributed by atoms with Crippen molar-refractivity contribution in [3.63, 3.8) is 0 Å². The van der Waals surface area contributed by atoms with Crippen LogP contribution in [0.4, 0.5) is 4.39 Å². The summed E-state index contributed by atoms with van der Waals surface area (Å²) in [7, 11) is 0. The summed E-state index contributed by atoms with van der Waals surface area (Å²) in [6, 6.07) is 8.45. The Morgan fingerprint density at radius 2 is 1.73 bits per heavy atom. The molecule has 0 unspecified atom stereocenters. The number of furan rings is 1. The molecule has 224 valence electrons. The number of carbonyl (C=O) groups excluding carboxylic acids is 2. The molecule has 3 aliphatic heterocycles. The Hall–Kier alpha value is -2.79. The van der Waals surface area contributed by atoms with E-state index in [1.807, 2.05) is 6.07 Å². The molecule has 1 aromatic heterocycles. The molecular weight excluding hydrogens is 527 g/mol. The van der Waals surface area contributed by atoms with Crippen molar-refractivity contribution in [2.24, 2.45) is 0 Å². The number of nitrogens with zero attached hydrogens (tertiary/aromatic N) is 3. The molecule has 9 nitrogen and oxygen atoms in total. The molecule has 2 aromatic rings. The van der Waals surface area contributed by atoms with Crippen molar-refractivity contribution in [3.8, 4) is 0 Å². The smallest absolute Gasteiger partial charge is 0.290 e. The van der Waals surface area contributed by atoms with E-state index in [9.17, 15) is 14.0 Å². The second kappa shape index (κ2) is 14.9. The highest BCUT2D eigenvalue weighted by atomic mass is 19.1. The Balaban J connectivity index is 1.36. The van der Waals surface area contributed by atoms with Crippen molar-refractivity contribution in [1.82, 2.24) is 20.0 Å². The molecule has 2 atom stereocenters. The number of nitrogens with one attached hydrogen (secondary N) is 1. The van der Waals surface area contributed by atoms with Crippen molar-refractivity contribution in [2.45, 2.75) is 57.2 Å². The van der Waals surface area contributed by atoms with Crippen molar-refractivity contribution in [2.75, 3.05) is 65.6 Å². The van der Waals surface area contributed by atoms with E-state index in [4.69, 9.17) is 13.9 Å². The second-order valence-electron chi connectivity index (χ2n) is 11.2. The van der Waals surface area contributed by atoms with E-state index in [1.165, 1.54) is 31.4 Å². The van der Waals surface area contributed by atoms with Crippen LogP contribution in [-0.4, -0.2) is 98.3 Å². The maximum atomic E-state index is 14.1. The fourth-order valence-corrected chi connectivity index (χ4v) is 5.93. The average molecular weight is 571 g/mol. The van der Waals surface area contributed by atoms with E-state index >= 15 is 0 Å². The number of amides is 2. The quantitative estimate of drug-likeness (QED) is 0.417. The van der Waals surface area contributed by atoms with Gasteiger partial charge in [-0.1, -0.05) is 18.6 Å². The van der Waals surface area contributed by atoms with Gasteiger partial charge in [0.2, 0.25) is 5.91 Å². The first-order valence-corrected chi connectivity index (χ1v) is 15.1. The second-order valence-corrected chi connectivity index (χ2v) is 11.2. The van der Waals surface area contributed by atoms with Crippen LogP contribution in [0.15, 0.2) is 40.8 Å². The molecule has 5 rings (SSSR count). The highest BCUT2D eigenvalue weighted by molar-refractivity contribution is 5.96. The molecule has 0 saturated carbocycles. The van der Waals surface area contributed by atoms with Crippen LogP contribution in [0, 0.1) is 5.82 Å². The van der Waals surface area contributed by atoms with Gasteiger partial charge < -0.3 is 24.1 Å². The van der Waals surface area contributed by atoms with Crippen LogP contribution in [0.2, 0.25) is 0 Å². The number of ether oxygens (including phenoxy) is 2. The topological polar surface area (TPSA) is 87.5 Å². The molecule has 10 heteroatoms. The SMILES string of the molecule is O=C(NC[C@@H]1CCCO1)[C@H](c1ccc(F)cc1)N(CCCN1CCOCC1)C(=O)c1ccc(CN2CCCCC2)o1. The Morgan fingerprint density at radius 1 is 0.951 bits per heavy atom. The summed E-state index contributed by atoms with van der Waals surface area (Å²) in [5.41, 5.74) is 0.552. The van der Waals surface area contributed by atoms with Crippen LogP contribution in [0.3, 0.4) is 0 Å². The zero-order chi connectivity index (χ0) is 28.4. The Labute approximate surface area is 241 Å². The zero-order valence-corrected chi connectivity index (χ0v) is 23.9. The Bertz CT molecular complexity index is 1110. The Morgan fingerprint density at radius 3 is 2.46 bits per heavy atom. The molecule has 0 bridgehead atoms. The van der Waals surface area contributed by atoms with E-state index in [1.54, 1.807) is 23.1 Å². The van der Waals surface area contributed by atoms with Crippen LogP contribution in [0.25, 0.3) is 0 Å². The van der Waals surface area contributed by atoms with Crippen molar-refractivity contribution >= 4 is 11.8 Å². The molecular formula is C31H43FN4O5. The van der Waals surface area contributed by atoms with E-state index in [-0.39, 0.29) is 23.7 Å². The number of carbonyl (C=O) groups is 2. The van der Waals surface area contributed by atoms with E-state index < -0.39 is 11.9 Å². The number of morpholine rings is 1. The molecule has 41 heavy (non-hydrogen) atoms. The van der Waals surface area contributed by atoms with Crippen LogP contribution in [0.5, 0.6) is 0 Å². The van der Waals surface area contributed by atoms with Gasteiger partial charge in [0, 0.05) is 39.3 Å². The summed E-state index contributed by atoms with van der Waals surface area (Å²) >= 11 is 0. The number of rotatable bonds is 12. The third kappa shape index (κ3) is 8.38. The summed E-state index contributed by atoms with van der Waals surface area (Å²) in [5.74, 6) is -0.108. The lowest BCUT2D eigenvalue weighted by atomic mass is 10.0. The third-order valence-electron chi connectivity index (χ3n) is 8.21. The minimum atomic E-state index is -0.940. The zero-order valence-electron chi connectivity index (χ0n) is 23.9. The van der Waals surface area contributed by atoms with Gasteiger partial charge >= 0.3 is 0 Å². The number of benzene rings is 1. The van der Waals surface area contributed by atoms with Crippen molar-refractivity contribution in [1.29, 1.82) is 0 Å². The van der Waals surface area contributed by atoms with Crippen LogP contribution >= 0.6 is 0 Å². The van der Waals surface area contributed by atoms with E-state index in [2.05, 4.69) is 15.1 Å². The van der Waals surface area contributed by atoms with Gasteiger partial charge in [0.15, 0.2) is 5.76 Å². The summed E-state index contributed by atoms with van der Waals surface area (Å²) in [6.07, 6.45) is 6.07. The summed E-state index contributed by atoms with van der Waals surface area (Å²) in [5, 5.41) is 3.01. The average Bonchev–Trinajstić information content (AvgIpc) is 3.70. The summed E-state index contributed by atoms with van der Waals surface area (Å²) in [6.45, 7) is 7.95. The first-order valence-electron chi connectivity index (χ1n) is 15.1. The molecule has 3 saturated heterocycles. The Kier molecular flexibility index (Phi) is 10.8. The van der Waals surface area contributed by atoms with Crippen molar-refractivity contribution in [3.05, 3.63) is 59.3 Å². The van der Waals surface area contributed by atoms with Gasteiger partial charge in [-0.25, -0.2) is 4.39 Å². The number of hydrogen-bond acceptors (Lipinski definition) is 7. The minimum absolute atomic E-state index is 0.0410. The van der Waals surface area contributed by atoms with Gasteiger partial charge in [-0.05, 0) is 75.0 Å². The molecule has 3 fully saturated rings. The fourth-order valence-electron chi connectivity index (χ4n) is 5.93. The van der Waals surface area contributed by atoms with Crippen LogP contribution in [0.1, 0.15) is 66.4 Å². The van der Waals surface area contributed by atoms with Gasteiger partial charge in [0.1, 0.15) is 17.6 Å². The van der Waals surface area contributed by atoms with Gasteiger partial charge in [-0.2, -0.15) is 0 Å². The molecule has 3 aliphatic rings.